The van der Waals surface area contributed by atoms with Crippen molar-refractivity contribution in [3.8, 4) is 0 Å². The quantitative estimate of drug-likeness (QED) is 0.338. The average molecular weight is 556 g/mol. The van der Waals surface area contributed by atoms with E-state index in [1.54, 1.807) is 0 Å². The number of hydrogen-bond acceptors (Lipinski definition) is 6. The zero-order chi connectivity index (χ0) is 22.8. The molecule has 2 aromatic rings. The molecular formula is C26H29IN4O2. The molecule has 33 heavy (non-hydrogen) atoms. The van der Waals surface area contributed by atoms with Gasteiger partial charge in [0.05, 0.1) is 13.2 Å². The van der Waals surface area contributed by atoms with Crippen LogP contribution >= 0.6 is 20.7 Å². The summed E-state index contributed by atoms with van der Waals surface area (Å²) in [7, 11) is 0. The normalized spacial score (nSPS) is 24.6. The maximum absolute atomic E-state index is 12.8. The van der Waals surface area contributed by atoms with Crippen LogP contribution in [0.5, 0.6) is 0 Å². The third kappa shape index (κ3) is 5.26. The van der Waals surface area contributed by atoms with Gasteiger partial charge in [-0.05, 0) is 87.9 Å². The molecule has 1 aliphatic carbocycles. The number of allylic oxidation sites excluding steroid dienone is 1. The molecule has 5 rings (SSSR count). The Morgan fingerprint density at radius 2 is 2.09 bits per heavy atom. The van der Waals surface area contributed by atoms with Crippen molar-refractivity contribution in [2.45, 2.75) is 31.2 Å². The van der Waals surface area contributed by atoms with E-state index in [0.717, 1.165) is 40.9 Å². The van der Waals surface area contributed by atoms with Crippen LogP contribution in [0.4, 0.5) is 11.4 Å². The first-order chi connectivity index (χ1) is 16.1. The molecule has 4 N–H and O–H groups in total. The van der Waals surface area contributed by atoms with E-state index in [9.17, 15) is 9.90 Å². The van der Waals surface area contributed by atoms with Gasteiger partial charge in [0.15, 0.2) is 9.54 Å². The largest absolute Gasteiger partial charge is 0.399 e. The minimum absolute atomic E-state index is 0.131. The highest BCUT2D eigenvalue weighted by Gasteiger charge is 2.44. The lowest BCUT2D eigenvalue weighted by Crippen LogP contribution is -2.37. The van der Waals surface area contributed by atoms with Gasteiger partial charge in [0, 0.05) is 33.1 Å². The van der Waals surface area contributed by atoms with E-state index in [1.165, 1.54) is 14.7 Å². The van der Waals surface area contributed by atoms with Crippen molar-refractivity contribution < 1.29 is 9.90 Å². The number of carbonyl (C=O) groups excluding carboxylic acids is 1. The number of nitrogen functional groups attached to an aromatic ring is 1. The summed E-state index contributed by atoms with van der Waals surface area (Å²) in [6, 6.07) is 16.6. The highest BCUT2D eigenvalue weighted by atomic mass is 127. The van der Waals surface area contributed by atoms with Gasteiger partial charge < -0.3 is 16.2 Å². The molecule has 3 atom stereocenters. The third-order valence-electron chi connectivity index (χ3n) is 6.62. The standard InChI is InChI=1S/C26H29IN4O2/c28-19-3-1-4-20(13-19)30-26-27-24(10-11-29-26)18-8-6-17(7-9-18)22-14-23(22)25(33)15-31-12-2-5-21(31)16-32/h1,3-4,6-11,13,21-23,32H,2,5,12,14-16,28H2,(H,29,30). The number of hydrogen-bond donors (Lipinski definition) is 3. The highest BCUT2D eigenvalue weighted by molar-refractivity contribution is 14.2. The molecule has 172 valence electrons. The van der Waals surface area contributed by atoms with Crippen molar-refractivity contribution in [3.63, 3.8) is 0 Å². The number of halogens is 1. The topological polar surface area (TPSA) is 91.0 Å². The Bertz CT molecular complexity index is 1130. The Balaban J connectivity index is 1.20. The van der Waals surface area contributed by atoms with Crippen LogP contribution in [0, 0.1) is 5.92 Å². The van der Waals surface area contributed by atoms with Crippen molar-refractivity contribution >= 4 is 51.4 Å². The number of rotatable bonds is 8. The molecule has 0 amide bonds. The number of aliphatic hydroxyl groups is 1. The van der Waals surface area contributed by atoms with E-state index >= 15 is 0 Å². The van der Waals surface area contributed by atoms with Gasteiger partial charge in [0.25, 0.3) is 0 Å². The molecule has 1 saturated carbocycles. The Labute approximate surface area is 204 Å². The van der Waals surface area contributed by atoms with Gasteiger partial charge in [0.1, 0.15) is 0 Å². The number of ketones is 1. The molecule has 6 nitrogen and oxygen atoms in total. The van der Waals surface area contributed by atoms with Gasteiger partial charge in [0.2, 0.25) is 0 Å². The van der Waals surface area contributed by atoms with Crippen LogP contribution in [0.1, 0.15) is 36.3 Å². The molecule has 2 aliphatic heterocycles. The molecule has 0 spiro atoms. The van der Waals surface area contributed by atoms with Gasteiger partial charge in [-0.3, -0.25) is 9.69 Å². The van der Waals surface area contributed by atoms with E-state index in [0.29, 0.717) is 18.2 Å². The van der Waals surface area contributed by atoms with Gasteiger partial charge in [-0.25, -0.2) is 4.99 Å². The molecular weight excluding hydrogens is 527 g/mol. The van der Waals surface area contributed by atoms with Gasteiger partial charge in [-0.2, -0.15) is 0 Å². The number of nitrogens with zero attached hydrogens (tertiary/aromatic N) is 2. The summed E-state index contributed by atoms with van der Waals surface area (Å²) in [5, 5.41) is 12.9. The number of likely N-dealkylation sites (tertiary alicyclic amines) is 1. The van der Waals surface area contributed by atoms with Gasteiger partial charge in [-0.15, -0.1) is 0 Å². The maximum atomic E-state index is 12.8. The molecule has 2 aromatic carbocycles. The molecule has 2 heterocycles. The number of benzene rings is 2. The summed E-state index contributed by atoms with van der Waals surface area (Å²) in [4.78, 5) is 19.5. The second-order valence-corrected chi connectivity index (χ2v) is 11.6. The van der Waals surface area contributed by atoms with Crippen LogP contribution < -0.4 is 11.1 Å². The molecule has 0 bridgehead atoms. The van der Waals surface area contributed by atoms with E-state index in [-0.39, 0.29) is 18.6 Å². The fourth-order valence-electron chi connectivity index (χ4n) is 4.70. The summed E-state index contributed by atoms with van der Waals surface area (Å²) in [6.45, 7) is 1.57. The number of anilines is 2. The summed E-state index contributed by atoms with van der Waals surface area (Å²) < 4.78 is 2.31. The van der Waals surface area contributed by atoms with Crippen molar-refractivity contribution in [1.82, 2.24) is 4.90 Å². The molecule has 0 aromatic heterocycles. The number of nitrogens with two attached hydrogens (primary N) is 1. The molecule has 7 heteroatoms. The SMILES string of the molecule is Nc1cccc(NC2=IC(c3ccc(C4CC4C(=O)CN4CCCC4CO)cc3)=CC=N2)c1. The van der Waals surface area contributed by atoms with E-state index in [4.69, 9.17) is 5.73 Å². The van der Waals surface area contributed by atoms with Crippen LogP contribution in [0.2, 0.25) is 0 Å². The van der Waals surface area contributed by atoms with Crippen LogP contribution in [0.3, 0.4) is 0 Å². The van der Waals surface area contributed by atoms with E-state index in [1.807, 2.05) is 30.5 Å². The third-order valence-corrected chi connectivity index (χ3v) is 9.24. The molecule has 0 radical (unpaired) electrons. The fourth-order valence-corrected chi connectivity index (χ4v) is 7.01. The maximum Gasteiger partial charge on any atom is 0.163 e. The zero-order valence-corrected chi connectivity index (χ0v) is 20.6. The van der Waals surface area contributed by atoms with Crippen LogP contribution in [-0.4, -0.2) is 51.5 Å². The number of nitrogens with one attached hydrogen (secondary N) is 1. The lowest BCUT2D eigenvalue weighted by molar-refractivity contribution is -0.121. The van der Waals surface area contributed by atoms with Gasteiger partial charge in [-0.1, -0.05) is 30.3 Å². The average Bonchev–Trinajstić information content (AvgIpc) is 3.51. The first kappa shape index (κ1) is 22.4. The Morgan fingerprint density at radius 1 is 1.24 bits per heavy atom. The smallest absolute Gasteiger partial charge is 0.163 e. The summed E-state index contributed by atoms with van der Waals surface area (Å²) in [6.07, 6.45) is 6.97. The summed E-state index contributed by atoms with van der Waals surface area (Å²) >= 11 is -0.428. The Kier molecular flexibility index (Phi) is 6.71. The predicted molar refractivity (Wildman–Crippen MR) is 144 cm³/mol. The second-order valence-electron chi connectivity index (χ2n) is 8.91. The van der Waals surface area contributed by atoms with Crippen molar-refractivity contribution in [1.29, 1.82) is 0 Å². The summed E-state index contributed by atoms with van der Waals surface area (Å²) in [5.74, 6) is 0.797. The molecule has 3 unspecified atom stereocenters. The van der Waals surface area contributed by atoms with E-state index < -0.39 is 20.7 Å². The minimum atomic E-state index is -0.428. The lowest BCUT2D eigenvalue weighted by atomic mass is 10.0. The minimum Gasteiger partial charge on any atom is -0.399 e. The lowest BCUT2D eigenvalue weighted by Gasteiger charge is -2.21. The van der Waals surface area contributed by atoms with E-state index in [2.05, 4.69) is 45.6 Å². The fraction of sp³-hybridized carbons (Fsp3) is 0.346. The summed E-state index contributed by atoms with van der Waals surface area (Å²) in [5.41, 5.74) is 10.0. The number of aliphatic imine (C=N–C) groups is 1. The predicted octanol–water partition coefficient (Wildman–Crippen LogP) is 3.99. The molecule has 1 saturated heterocycles. The highest BCUT2D eigenvalue weighted by Crippen LogP contribution is 2.48. The number of Topliss-reactive ketones (excluding diaryl/α,β-unsaturated/α-hetero) is 1. The number of carbonyl (C=O) groups is 1. The monoisotopic (exact) mass is 556 g/mol. The second kappa shape index (κ2) is 9.87. The molecule has 3 aliphatic rings. The van der Waals surface area contributed by atoms with Crippen LogP contribution in [-0.2, 0) is 4.79 Å². The van der Waals surface area contributed by atoms with Crippen molar-refractivity contribution in [2.75, 3.05) is 30.7 Å². The first-order valence-corrected chi connectivity index (χ1v) is 13.6. The molecule has 2 fully saturated rings. The Hall–Kier alpha value is -2.36. The zero-order valence-electron chi connectivity index (χ0n) is 18.5. The first-order valence-electron chi connectivity index (χ1n) is 11.5. The van der Waals surface area contributed by atoms with Crippen LogP contribution in [0.25, 0.3) is 3.58 Å². The Morgan fingerprint density at radius 3 is 2.88 bits per heavy atom. The van der Waals surface area contributed by atoms with Gasteiger partial charge >= 0.3 is 0 Å². The van der Waals surface area contributed by atoms with Crippen molar-refractivity contribution in [3.05, 3.63) is 65.7 Å². The van der Waals surface area contributed by atoms with Crippen LogP contribution in [0.15, 0.2) is 59.6 Å². The van der Waals surface area contributed by atoms with Crippen molar-refractivity contribution in [2.24, 2.45) is 10.9 Å². The number of aliphatic hydroxyl groups excluding tert-OH is 1.